The summed E-state index contributed by atoms with van der Waals surface area (Å²) >= 11 is 0. The second-order valence-corrected chi connectivity index (χ2v) is 11.1. The zero-order chi connectivity index (χ0) is 23.7. The third kappa shape index (κ3) is 5.07. The normalized spacial score (nSPS) is 15.0. The van der Waals surface area contributed by atoms with Gasteiger partial charge in [-0.3, -0.25) is 4.79 Å². The molecule has 0 saturated carbocycles. The summed E-state index contributed by atoms with van der Waals surface area (Å²) in [5, 5.41) is 5.20. The van der Waals surface area contributed by atoms with Crippen molar-refractivity contribution in [1.29, 1.82) is 0 Å². The van der Waals surface area contributed by atoms with E-state index >= 15 is 0 Å². The molecule has 0 spiro atoms. The Morgan fingerprint density at radius 3 is 2.12 bits per heavy atom. The van der Waals surface area contributed by atoms with Crippen LogP contribution < -0.4 is 5.14 Å². The van der Waals surface area contributed by atoms with Gasteiger partial charge in [0.05, 0.1) is 15.4 Å². The molecule has 0 aromatic heterocycles. The molecule has 11 heteroatoms. The van der Waals surface area contributed by atoms with Crippen LogP contribution in [0.3, 0.4) is 0 Å². The number of sulfonamides is 2. The fourth-order valence-electron chi connectivity index (χ4n) is 3.43. The number of ether oxygens (including phenoxy) is 1. The topological polar surface area (TPSA) is 141 Å². The van der Waals surface area contributed by atoms with Crippen molar-refractivity contribution in [2.24, 2.45) is 5.14 Å². The minimum absolute atomic E-state index is 0.0445. The molecule has 0 amide bonds. The lowest BCUT2D eigenvalue weighted by Gasteiger charge is -2.15. The first kappa shape index (κ1) is 24.1. The molecule has 0 aliphatic carbocycles. The van der Waals surface area contributed by atoms with Crippen molar-refractivity contribution in [2.75, 3.05) is 19.7 Å². The SMILES string of the molecule is Cc1cc(C(=O)OCC(=O)c2ccc(S(=O)(=O)N3CCCC3)cc2)cc(S(N)(=O)=O)c1C. The number of nitrogens with two attached hydrogens (primary N) is 1. The van der Waals surface area contributed by atoms with Gasteiger partial charge in [0.25, 0.3) is 0 Å². The number of carbonyl (C=O) groups excluding carboxylic acids is 2. The Labute approximate surface area is 187 Å². The summed E-state index contributed by atoms with van der Waals surface area (Å²) in [6, 6.07) is 8.01. The number of Topliss-reactive ketones (excluding diaryl/α,β-unsaturated/α-hetero) is 1. The van der Waals surface area contributed by atoms with Gasteiger partial charge >= 0.3 is 5.97 Å². The molecule has 2 aromatic rings. The van der Waals surface area contributed by atoms with Gasteiger partial charge in [-0.1, -0.05) is 0 Å². The van der Waals surface area contributed by atoms with Crippen LogP contribution in [0.1, 0.15) is 44.7 Å². The van der Waals surface area contributed by atoms with Gasteiger partial charge in [0.1, 0.15) is 0 Å². The largest absolute Gasteiger partial charge is 0.454 e. The Morgan fingerprint density at radius 1 is 0.969 bits per heavy atom. The maximum atomic E-state index is 12.6. The molecule has 1 heterocycles. The van der Waals surface area contributed by atoms with Crippen LogP contribution in [-0.4, -0.2) is 52.6 Å². The van der Waals surface area contributed by atoms with Gasteiger partial charge in [0.2, 0.25) is 20.0 Å². The summed E-state index contributed by atoms with van der Waals surface area (Å²) in [6.07, 6.45) is 1.64. The number of aryl methyl sites for hydroxylation is 1. The highest BCUT2D eigenvalue weighted by molar-refractivity contribution is 7.89. The van der Waals surface area contributed by atoms with Crippen LogP contribution >= 0.6 is 0 Å². The lowest BCUT2D eigenvalue weighted by Crippen LogP contribution is -2.27. The molecule has 1 aliphatic heterocycles. The molecule has 2 aromatic carbocycles. The number of hydrogen-bond donors (Lipinski definition) is 1. The van der Waals surface area contributed by atoms with Crippen LogP contribution in [-0.2, 0) is 24.8 Å². The second-order valence-electron chi connectivity index (χ2n) is 7.60. The number of carbonyl (C=O) groups is 2. The third-order valence-electron chi connectivity index (χ3n) is 5.38. The molecule has 0 unspecified atom stereocenters. The summed E-state index contributed by atoms with van der Waals surface area (Å²) in [5.74, 6) is -1.40. The molecule has 0 atom stereocenters. The van der Waals surface area contributed by atoms with E-state index in [1.165, 1.54) is 34.6 Å². The number of benzene rings is 2. The third-order valence-corrected chi connectivity index (χ3v) is 8.33. The number of rotatable bonds is 7. The van der Waals surface area contributed by atoms with E-state index in [1.807, 2.05) is 0 Å². The number of hydrogen-bond acceptors (Lipinski definition) is 7. The lowest BCUT2D eigenvalue weighted by atomic mass is 10.1. The Kier molecular flexibility index (Phi) is 6.84. The Hall–Kier alpha value is -2.60. The molecule has 9 nitrogen and oxygen atoms in total. The van der Waals surface area contributed by atoms with E-state index in [-0.39, 0.29) is 20.9 Å². The summed E-state index contributed by atoms with van der Waals surface area (Å²) in [7, 11) is -7.63. The van der Waals surface area contributed by atoms with Crippen LogP contribution in [0.4, 0.5) is 0 Å². The maximum absolute atomic E-state index is 12.6. The second kappa shape index (κ2) is 9.10. The highest BCUT2D eigenvalue weighted by atomic mass is 32.2. The van der Waals surface area contributed by atoms with Crippen molar-refractivity contribution < 1.29 is 31.2 Å². The predicted octanol–water partition coefficient (Wildman–Crippen LogP) is 1.78. The molecule has 3 rings (SSSR count). The first-order valence-electron chi connectivity index (χ1n) is 9.86. The van der Waals surface area contributed by atoms with E-state index in [1.54, 1.807) is 13.8 Å². The molecule has 1 saturated heterocycles. The maximum Gasteiger partial charge on any atom is 0.338 e. The van der Waals surface area contributed by atoms with E-state index in [0.717, 1.165) is 18.9 Å². The Balaban J connectivity index is 1.70. The molecule has 1 fully saturated rings. The Bertz CT molecular complexity index is 1260. The number of nitrogens with zero attached hydrogens (tertiary/aromatic N) is 1. The number of ketones is 1. The van der Waals surface area contributed by atoms with Crippen molar-refractivity contribution in [3.63, 3.8) is 0 Å². The first-order chi connectivity index (χ1) is 14.9. The average molecular weight is 481 g/mol. The van der Waals surface area contributed by atoms with E-state index < -0.39 is 38.4 Å². The van der Waals surface area contributed by atoms with Gasteiger partial charge in [-0.05, 0) is 74.2 Å². The summed E-state index contributed by atoms with van der Waals surface area (Å²) in [4.78, 5) is 24.7. The monoisotopic (exact) mass is 480 g/mol. The van der Waals surface area contributed by atoms with Gasteiger partial charge < -0.3 is 4.74 Å². The van der Waals surface area contributed by atoms with Crippen LogP contribution in [0, 0.1) is 13.8 Å². The predicted molar refractivity (Wildman–Crippen MR) is 116 cm³/mol. The lowest BCUT2D eigenvalue weighted by molar-refractivity contribution is 0.0474. The summed E-state index contributed by atoms with van der Waals surface area (Å²) in [6.45, 7) is 3.56. The van der Waals surface area contributed by atoms with Gasteiger partial charge in [0.15, 0.2) is 12.4 Å². The molecule has 0 radical (unpaired) electrons. The summed E-state index contributed by atoms with van der Waals surface area (Å²) in [5.41, 5.74) is 1.09. The van der Waals surface area contributed by atoms with E-state index in [2.05, 4.69) is 0 Å². The molecule has 1 aliphatic rings. The first-order valence-corrected chi connectivity index (χ1v) is 12.8. The van der Waals surface area contributed by atoms with Gasteiger partial charge in [0, 0.05) is 18.7 Å². The fraction of sp³-hybridized carbons (Fsp3) is 0.333. The standard InChI is InChI=1S/C21H24N2O7S2/c1-14-11-17(12-20(15(14)2)31(22,26)27)21(25)30-13-19(24)16-5-7-18(8-6-16)32(28,29)23-9-3-4-10-23/h5-8,11-12H,3-4,9-10,13H2,1-2H3,(H2,22,26,27). The smallest absolute Gasteiger partial charge is 0.338 e. The van der Waals surface area contributed by atoms with Crippen LogP contribution in [0.2, 0.25) is 0 Å². The highest BCUT2D eigenvalue weighted by Gasteiger charge is 2.27. The van der Waals surface area contributed by atoms with Crippen LogP contribution in [0.25, 0.3) is 0 Å². The zero-order valence-electron chi connectivity index (χ0n) is 17.7. The van der Waals surface area contributed by atoms with Gasteiger partial charge in [-0.25, -0.2) is 26.8 Å². The van der Waals surface area contributed by atoms with Crippen LogP contribution in [0.15, 0.2) is 46.2 Å². The molecular formula is C21H24N2O7S2. The number of primary sulfonamides is 1. The minimum atomic E-state index is -4.04. The van der Waals surface area contributed by atoms with Crippen molar-refractivity contribution >= 4 is 31.8 Å². The van der Waals surface area contributed by atoms with Crippen molar-refractivity contribution in [3.8, 4) is 0 Å². The molecule has 0 bridgehead atoms. The number of esters is 1. The van der Waals surface area contributed by atoms with Crippen molar-refractivity contribution in [1.82, 2.24) is 4.31 Å². The van der Waals surface area contributed by atoms with Gasteiger partial charge in [-0.2, -0.15) is 4.31 Å². The van der Waals surface area contributed by atoms with Crippen molar-refractivity contribution in [3.05, 3.63) is 58.7 Å². The minimum Gasteiger partial charge on any atom is -0.454 e. The quantitative estimate of drug-likeness (QED) is 0.470. The zero-order valence-corrected chi connectivity index (χ0v) is 19.3. The van der Waals surface area contributed by atoms with Crippen LogP contribution in [0.5, 0.6) is 0 Å². The Morgan fingerprint density at radius 2 is 1.56 bits per heavy atom. The van der Waals surface area contributed by atoms with E-state index in [4.69, 9.17) is 9.88 Å². The molecule has 172 valence electrons. The highest BCUT2D eigenvalue weighted by Crippen LogP contribution is 2.22. The van der Waals surface area contributed by atoms with E-state index in [0.29, 0.717) is 24.2 Å². The fourth-order valence-corrected chi connectivity index (χ4v) is 5.82. The van der Waals surface area contributed by atoms with Crippen molar-refractivity contribution in [2.45, 2.75) is 36.5 Å². The molecule has 32 heavy (non-hydrogen) atoms. The molecule has 2 N–H and O–H groups in total. The molecular weight excluding hydrogens is 456 g/mol. The summed E-state index contributed by atoms with van der Waals surface area (Å²) < 4.78 is 55.0. The van der Waals surface area contributed by atoms with Gasteiger partial charge in [-0.15, -0.1) is 0 Å². The van der Waals surface area contributed by atoms with E-state index in [9.17, 15) is 26.4 Å². The average Bonchev–Trinajstić information content (AvgIpc) is 3.28.